The predicted molar refractivity (Wildman–Crippen MR) is 117 cm³/mol. The number of morpholine rings is 1. The molecule has 5 rings (SSSR count). The van der Waals surface area contributed by atoms with Crippen LogP contribution in [0, 0.1) is 5.82 Å². The fourth-order valence-corrected chi connectivity index (χ4v) is 4.78. The standard InChI is InChI=1S/C24H24FN5O3/c1-28-21(8-10-27-28)22(31)30-15-20(18-3-2-9-26-13-18)24(16-30)23(32)29(11-12-33-24)14-17-4-6-19(25)7-5-17/h2-10,13,20H,11-12,14-16H2,1H3/t20-,24+/m0/s1. The smallest absolute Gasteiger partial charge is 0.272 e. The van der Waals surface area contributed by atoms with E-state index in [9.17, 15) is 14.0 Å². The number of nitrogens with zero attached hydrogens (tertiary/aromatic N) is 5. The molecule has 2 aliphatic rings. The summed E-state index contributed by atoms with van der Waals surface area (Å²) in [4.78, 5) is 34.8. The Morgan fingerprint density at radius 1 is 1.21 bits per heavy atom. The van der Waals surface area contributed by atoms with Crippen LogP contribution in [0.4, 0.5) is 4.39 Å². The Hall–Kier alpha value is -3.59. The molecule has 33 heavy (non-hydrogen) atoms. The number of pyridine rings is 1. The van der Waals surface area contributed by atoms with Crippen molar-refractivity contribution in [2.24, 2.45) is 7.05 Å². The second-order valence-corrected chi connectivity index (χ2v) is 8.46. The van der Waals surface area contributed by atoms with Gasteiger partial charge in [0.05, 0.1) is 13.2 Å². The molecule has 0 unspecified atom stereocenters. The fraction of sp³-hybridized carbons (Fsp3) is 0.333. The summed E-state index contributed by atoms with van der Waals surface area (Å²) in [5.41, 5.74) is 0.911. The van der Waals surface area contributed by atoms with Crippen LogP contribution >= 0.6 is 0 Å². The third-order valence-corrected chi connectivity index (χ3v) is 6.46. The Balaban J connectivity index is 1.48. The van der Waals surface area contributed by atoms with E-state index in [2.05, 4.69) is 10.1 Å². The fourth-order valence-electron chi connectivity index (χ4n) is 4.78. The van der Waals surface area contributed by atoms with E-state index in [0.717, 1.165) is 11.1 Å². The topological polar surface area (TPSA) is 80.6 Å². The number of hydrogen-bond donors (Lipinski definition) is 0. The molecule has 2 atom stereocenters. The largest absolute Gasteiger partial charge is 0.361 e. The molecule has 3 aromatic rings. The maximum absolute atomic E-state index is 13.9. The number of hydrogen-bond acceptors (Lipinski definition) is 5. The molecule has 2 fully saturated rings. The van der Waals surface area contributed by atoms with Gasteiger partial charge in [-0.05, 0) is 35.4 Å². The minimum atomic E-state index is -1.21. The van der Waals surface area contributed by atoms with Crippen molar-refractivity contribution in [2.45, 2.75) is 18.1 Å². The van der Waals surface area contributed by atoms with Gasteiger partial charge in [-0.2, -0.15) is 5.10 Å². The Labute approximate surface area is 190 Å². The van der Waals surface area contributed by atoms with Gasteiger partial charge in [0.1, 0.15) is 11.5 Å². The second-order valence-electron chi connectivity index (χ2n) is 8.46. The number of carbonyl (C=O) groups is 2. The maximum atomic E-state index is 13.9. The summed E-state index contributed by atoms with van der Waals surface area (Å²) in [5.74, 6) is -1.06. The van der Waals surface area contributed by atoms with E-state index < -0.39 is 5.60 Å². The zero-order chi connectivity index (χ0) is 23.0. The number of carbonyl (C=O) groups excluding carboxylic acids is 2. The lowest BCUT2D eigenvalue weighted by Crippen LogP contribution is -2.60. The van der Waals surface area contributed by atoms with Gasteiger partial charge in [-0.15, -0.1) is 0 Å². The molecule has 1 aromatic carbocycles. The zero-order valence-corrected chi connectivity index (χ0v) is 18.2. The van der Waals surface area contributed by atoms with Gasteiger partial charge in [0.15, 0.2) is 5.60 Å². The highest BCUT2D eigenvalue weighted by Gasteiger charge is 2.58. The van der Waals surface area contributed by atoms with Crippen molar-refractivity contribution in [2.75, 3.05) is 26.2 Å². The molecule has 4 heterocycles. The van der Waals surface area contributed by atoms with Crippen molar-refractivity contribution in [3.05, 3.63) is 83.7 Å². The van der Waals surface area contributed by atoms with E-state index >= 15 is 0 Å². The van der Waals surface area contributed by atoms with Crippen molar-refractivity contribution < 1.29 is 18.7 Å². The first kappa shape index (κ1) is 21.3. The molecule has 2 saturated heterocycles. The monoisotopic (exact) mass is 449 g/mol. The number of aryl methyl sites for hydroxylation is 1. The lowest BCUT2D eigenvalue weighted by molar-refractivity contribution is -0.172. The summed E-state index contributed by atoms with van der Waals surface area (Å²) < 4.78 is 21.1. The van der Waals surface area contributed by atoms with Gasteiger partial charge in [-0.3, -0.25) is 19.3 Å². The summed E-state index contributed by atoms with van der Waals surface area (Å²) in [6.07, 6.45) is 4.97. The predicted octanol–water partition coefficient (Wildman–Crippen LogP) is 1.99. The maximum Gasteiger partial charge on any atom is 0.272 e. The molecule has 1 spiro atoms. The second kappa shape index (κ2) is 8.40. The molecular weight excluding hydrogens is 425 g/mol. The van der Waals surface area contributed by atoms with Crippen molar-refractivity contribution >= 4 is 11.8 Å². The summed E-state index contributed by atoms with van der Waals surface area (Å²) in [7, 11) is 1.71. The number of rotatable bonds is 4. The van der Waals surface area contributed by atoms with E-state index in [4.69, 9.17) is 4.74 Å². The first-order valence-electron chi connectivity index (χ1n) is 10.8. The molecule has 0 saturated carbocycles. The van der Waals surface area contributed by atoms with Crippen LogP contribution in [0.15, 0.2) is 61.1 Å². The number of benzene rings is 1. The van der Waals surface area contributed by atoms with Crippen LogP contribution < -0.4 is 0 Å². The molecular formula is C24H24FN5O3. The van der Waals surface area contributed by atoms with Crippen LogP contribution in [0.25, 0.3) is 0 Å². The quantitative estimate of drug-likeness (QED) is 0.609. The van der Waals surface area contributed by atoms with Gasteiger partial charge in [-0.25, -0.2) is 4.39 Å². The van der Waals surface area contributed by atoms with Gasteiger partial charge in [0.2, 0.25) is 0 Å². The van der Waals surface area contributed by atoms with Crippen LogP contribution in [0.2, 0.25) is 0 Å². The number of ether oxygens (including phenoxy) is 1. The first-order valence-corrected chi connectivity index (χ1v) is 10.8. The van der Waals surface area contributed by atoms with Gasteiger partial charge < -0.3 is 14.5 Å². The third-order valence-electron chi connectivity index (χ3n) is 6.46. The lowest BCUT2D eigenvalue weighted by Gasteiger charge is -2.42. The average Bonchev–Trinajstić information content (AvgIpc) is 3.43. The van der Waals surface area contributed by atoms with Gasteiger partial charge in [0.25, 0.3) is 11.8 Å². The van der Waals surface area contributed by atoms with Crippen LogP contribution in [0.3, 0.4) is 0 Å². The summed E-state index contributed by atoms with van der Waals surface area (Å²) >= 11 is 0. The van der Waals surface area contributed by atoms with E-state index in [1.807, 2.05) is 12.1 Å². The minimum Gasteiger partial charge on any atom is -0.361 e. The minimum absolute atomic E-state index is 0.134. The van der Waals surface area contributed by atoms with Crippen LogP contribution in [0.5, 0.6) is 0 Å². The highest BCUT2D eigenvalue weighted by atomic mass is 19.1. The Bertz CT molecular complexity index is 1170. The van der Waals surface area contributed by atoms with E-state index in [1.165, 1.54) is 16.8 Å². The van der Waals surface area contributed by atoms with Crippen LogP contribution in [-0.4, -0.2) is 68.2 Å². The Kier molecular flexibility index (Phi) is 5.41. The van der Waals surface area contributed by atoms with Gasteiger partial charge in [0, 0.05) is 51.2 Å². The highest BCUT2D eigenvalue weighted by Crippen LogP contribution is 2.42. The summed E-state index contributed by atoms with van der Waals surface area (Å²) in [6, 6.07) is 11.5. The summed E-state index contributed by atoms with van der Waals surface area (Å²) in [6.45, 7) is 1.58. The highest BCUT2D eigenvalue weighted by molar-refractivity contribution is 5.95. The van der Waals surface area contributed by atoms with E-state index in [0.29, 0.717) is 31.9 Å². The van der Waals surface area contributed by atoms with Crippen molar-refractivity contribution in [1.82, 2.24) is 24.6 Å². The number of amides is 2. The number of aromatic nitrogens is 3. The van der Waals surface area contributed by atoms with Crippen molar-refractivity contribution in [3.63, 3.8) is 0 Å². The van der Waals surface area contributed by atoms with Crippen LogP contribution in [-0.2, 0) is 23.1 Å². The first-order chi connectivity index (χ1) is 16.0. The molecule has 2 aromatic heterocycles. The number of halogens is 1. The van der Waals surface area contributed by atoms with Crippen LogP contribution in [0.1, 0.15) is 27.5 Å². The summed E-state index contributed by atoms with van der Waals surface area (Å²) in [5, 5.41) is 4.10. The molecule has 8 nitrogen and oxygen atoms in total. The number of likely N-dealkylation sites (tertiary alicyclic amines) is 1. The Morgan fingerprint density at radius 2 is 2.03 bits per heavy atom. The van der Waals surface area contributed by atoms with Crippen molar-refractivity contribution in [1.29, 1.82) is 0 Å². The van der Waals surface area contributed by atoms with Gasteiger partial charge >= 0.3 is 0 Å². The van der Waals surface area contributed by atoms with Crippen molar-refractivity contribution in [3.8, 4) is 0 Å². The molecule has 2 amide bonds. The molecule has 9 heteroatoms. The SMILES string of the molecule is Cn1nccc1C(=O)N1C[C@@H](c2cccnc2)[C@@]2(C1)OCCN(Cc1ccc(F)cc1)C2=O. The lowest BCUT2D eigenvalue weighted by atomic mass is 9.83. The third kappa shape index (κ3) is 3.78. The molecule has 0 radical (unpaired) electrons. The molecule has 2 aliphatic heterocycles. The molecule has 0 bridgehead atoms. The Morgan fingerprint density at radius 3 is 2.73 bits per heavy atom. The van der Waals surface area contributed by atoms with E-state index in [1.54, 1.807) is 53.6 Å². The zero-order valence-electron chi connectivity index (χ0n) is 18.2. The van der Waals surface area contributed by atoms with Gasteiger partial charge in [-0.1, -0.05) is 18.2 Å². The average molecular weight is 449 g/mol. The molecule has 0 N–H and O–H groups in total. The van der Waals surface area contributed by atoms with E-state index in [-0.39, 0.29) is 30.1 Å². The molecule has 170 valence electrons. The molecule has 0 aliphatic carbocycles. The normalized spacial score (nSPS) is 22.8.